The van der Waals surface area contributed by atoms with Crippen molar-refractivity contribution in [3.8, 4) is 0 Å². The van der Waals surface area contributed by atoms with Gasteiger partial charge in [-0.15, -0.1) is 0 Å². The number of benzene rings is 1. The van der Waals surface area contributed by atoms with Gasteiger partial charge in [-0.2, -0.15) is 0 Å². The zero-order valence-corrected chi connectivity index (χ0v) is 12.1. The predicted molar refractivity (Wildman–Crippen MR) is 81.0 cm³/mol. The summed E-state index contributed by atoms with van der Waals surface area (Å²) in [6.07, 6.45) is 9.93. The molecule has 0 atom stereocenters. The van der Waals surface area contributed by atoms with Gasteiger partial charge in [-0.25, -0.2) is 0 Å². The molecule has 2 heteroatoms. The van der Waals surface area contributed by atoms with E-state index < -0.39 is 0 Å². The summed E-state index contributed by atoms with van der Waals surface area (Å²) in [6.45, 7) is 0. The van der Waals surface area contributed by atoms with Crippen molar-refractivity contribution in [3.63, 3.8) is 0 Å². The lowest BCUT2D eigenvalue weighted by molar-refractivity contribution is 0.712. The molecule has 0 N–H and O–H groups in total. The molecule has 0 unspecified atom stereocenters. The Morgan fingerprint density at radius 3 is 2.69 bits per heavy atom. The van der Waals surface area contributed by atoms with E-state index in [0.29, 0.717) is 0 Å². The molecule has 2 rings (SSSR count). The Hall–Kier alpha value is -0.220. The average molecular weight is 342 g/mol. The van der Waals surface area contributed by atoms with Gasteiger partial charge >= 0.3 is 0 Å². The molecule has 0 radical (unpaired) electrons. The Balaban J connectivity index is 1.99. The fourth-order valence-electron chi connectivity index (χ4n) is 1.77. The van der Waals surface area contributed by atoms with Crippen molar-refractivity contribution in [2.24, 2.45) is 0 Å². The maximum atomic E-state index is 2.43. The lowest BCUT2D eigenvalue weighted by Crippen LogP contribution is -1.88. The fourth-order valence-corrected chi connectivity index (χ4v) is 3.66. The third-order valence-electron chi connectivity index (χ3n) is 2.58. The Kier molecular flexibility index (Phi) is 4.97. The highest BCUT2D eigenvalue weighted by Crippen LogP contribution is 2.33. The van der Waals surface area contributed by atoms with Crippen molar-refractivity contribution in [1.29, 1.82) is 0 Å². The first kappa shape index (κ1) is 12.2. The third kappa shape index (κ3) is 3.98. The molecule has 0 bridgehead atoms. The molecule has 84 valence electrons. The van der Waals surface area contributed by atoms with Gasteiger partial charge in [0.2, 0.25) is 0 Å². The van der Waals surface area contributed by atoms with Crippen LogP contribution >= 0.6 is 34.4 Å². The molecule has 0 aromatic heterocycles. The van der Waals surface area contributed by atoms with Gasteiger partial charge in [0.25, 0.3) is 0 Å². The standard InChI is InChI=1S/C14H15IS/c15-14(11-12-7-3-1-4-8-12)16-13-9-5-2-6-10-13/h2,5-7,9-11H,1,3-4,8H2/b14-11+. The number of halogens is 1. The van der Waals surface area contributed by atoms with Crippen LogP contribution in [0, 0.1) is 0 Å². The smallest absolute Gasteiger partial charge is 0.0509 e. The van der Waals surface area contributed by atoms with Crippen LogP contribution in [0.1, 0.15) is 25.7 Å². The van der Waals surface area contributed by atoms with Crippen LogP contribution in [0.3, 0.4) is 0 Å². The van der Waals surface area contributed by atoms with Gasteiger partial charge in [-0.3, -0.25) is 0 Å². The summed E-state index contributed by atoms with van der Waals surface area (Å²) in [6, 6.07) is 10.6. The molecule has 1 aliphatic carbocycles. The van der Waals surface area contributed by atoms with Crippen LogP contribution in [-0.2, 0) is 0 Å². The minimum absolute atomic E-state index is 1.25. The lowest BCUT2D eigenvalue weighted by atomic mass is 10.00. The molecule has 0 aliphatic heterocycles. The second-order valence-corrected chi connectivity index (χ2v) is 6.90. The molecule has 0 spiro atoms. The molecule has 0 amide bonds. The number of allylic oxidation sites excluding steroid dienone is 3. The Morgan fingerprint density at radius 1 is 1.19 bits per heavy atom. The second-order valence-electron chi connectivity index (χ2n) is 3.89. The van der Waals surface area contributed by atoms with Gasteiger partial charge in [0.15, 0.2) is 0 Å². The molecule has 0 saturated heterocycles. The van der Waals surface area contributed by atoms with Crippen molar-refractivity contribution in [3.05, 3.63) is 51.0 Å². The summed E-state index contributed by atoms with van der Waals surface area (Å²) in [5.41, 5.74) is 1.51. The van der Waals surface area contributed by atoms with Gasteiger partial charge in [0.05, 0.1) is 2.91 Å². The number of hydrogen-bond acceptors (Lipinski definition) is 1. The predicted octanol–water partition coefficient (Wildman–Crippen LogP) is 5.56. The molecule has 0 saturated carbocycles. The van der Waals surface area contributed by atoms with Gasteiger partial charge < -0.3 is 0 Å². The van der Waals surface area contributed by atoms with Crippen molar-refractivity contribution in [2.75, 3.05) is 0 Å². The van der Waals surface area contributed by atoms with E-state index in [1.807, 2.05) is 11.8 Å². The van der Waals surface area contributed by atoms with E-state index in [-0.39, 0.29) is 0 Å². The quantitative estimate of drug-likeness (QED) is 0.512. The number of rotatable bonds is 3. The largest absolute Gasteiger partial charge is 0.0834 e. The molecule has 0 heterocycles. The topological polar surface area (TPSA) is 0 Å². The van der Waals surface area contributed by atoms with E-state index in [2.05, 4.69) is 65.1 Å². The zero-order valence-electron chi connectivity index (χ0n) is 9.16. The first-order chi connectivity index (χ1) is 7.84. The highest BCUT2D eigenvalue weighted by Gasteiger charge is 2.02. The summed E-state index contributed by atoms with van der Waals surface area (Å²) in [5.74, 6) is 0. The normalized spacial score (nSPS) is 17.1. The SMILES string of the molecule is I/C(=C\C1=CCCCC1)Sc1ccccc1. The first-order valence-corrected chi connectivity index (χ1v) is 7.53. The summed E-state index contributed by atoms with van der Waals surface area (Å²) in [7, 11) is 0. The van der Waals surface area contributed by atoms with E-state index in [1.165, 1.54) is 39.1 Å². The molecular formula is C14H15IS. The maximum Gasteiger partial charge on any atom is 0.0509 e. The molecular weight excluding hydrogens is 327 g/mol. The zero-order chi connectivity index (χ0) is 11.2. The molecule has 1 aromatic rings. The lowest BCUT2D eigenvalue weighted by Gasteiger charge is -2.09. The van der Waals surface area contributed by atoms with Crippen molar-refractivity contribution >= 4 is 34.4 Å². The molecule has 16 heavy (non-hydrogen) atoms. The second kappa shape index (κ2) is 6.50. The van der Waals surface area contributed by atoms with Gasteiger partial charge in [-0.05, 0) is 66.5 Å². The minimum atomic E-state index is 1.25. The first-order valence-electron chi connectivity index (χ1n) is 5.64. The highest BCUT2D eigenvalue weighted by molar-refractivity contribution is 14.1. The fraction of sp³-hybridized carbons (Fsp3) is 0.286. The van der Waals surface area contributed by atoms with Crippen molar-refractivity contribution in [1.82, 2.24) is 0 Å². The summed E-state index contributed by atoms with van der Waals surface area (Å²) >= 11 is 4.27. The van der Waals surface area contributed by atoms with Crippen molar-refractivity contribution in [2.45, 2.75) is 30.6 Å². The average Bonchev–Trinajstić information content (AvgIpc) is 2.31. The van der Waals surface area contributed by atoms with Gasteiger partial charge in [0, 0.05) is 4.90 Å². The van der Waals surface area contributed by atoms with Crippen LogP contribution in [0.5, 0.6) is 0 Å². The molecule has 1 aliphatic rings. The monoisotopic (exact) mass is 342 g/mol. The van der Waals surface area contributed by atoms with Crippen LogP contribution in [0.15, 0.2) is 55.9 Å². The minimum Gasteiger partial charge on any atom is -0.0834 e. The van der Waals surface area contributed by atoms with Crippen LogP contribution in [0.25, 0.3) is 0 Å². The third-order valence-corrected chi connectivity index (χ3v) is 4.38. The van der Waals surface area contributed by atoms with E-state index >= 15 is 0 Å². The van der Waals surface area contributed by atoms with E-state index in [1.54, 1.807) is 0 Å². The molecule has 0 nitrogen and oxygen atoms in total. The van der Waals surface area contributed by atoms with Gasteiger partial charge in [-0.1, -0.05) is 41.6 Å². The Bertz CT molecular complexity index is 392. The summed E-state index contributed by atoms with van der Waals surface area (Å²) in [4.78, 5) is 1.32. The molecule has 1 aromatic carbocycles. The molecule has 0 fully saturated rings. The van der Waals surface area contributed by atoms with Gasteiger partial charge in [0.1, 0.15) is 0 Å². The van der Waals surface area contributed by atoms with Crippen LogP contribution in [-0.4, -0.2) is 0 Å². The number of thioether (sulfide) groups is 1. The van der Waals surface area contributed by atoms with Crippen LogP contribution in [0.2, 0.25) is 0 Å². The van der Waals surface area contributed by atoms with E-state index in [0.717, 1.165) is 0 Å². The number of hydrogen-bond donors (Lipinski definition) is 0. The van der Waals surface area contributed by atoms with Crippen molar-refractivity contribution < 1.29 is 0 Å². The van der Waals surface area contributed by atoms with Crippen LogP contribution in [0.4, 0.5) is 0 Å². The summed E-state index contributed by atoms with van der Waals surface area (Å²) < 4.78 is 1.36. The summed E-state index contributed by atoms with van der Waals surface area (Å²) in [5, 5.41) is 0. The van der Waals surface area contributed by atoms with E-state index in [4.69, 9.17) is 0 Å². The van der Waals surface area contributed by atoms with E-state index in [9.17, 15) is 0 Å². The Morgan fingerprint density at radius 2 is 2.00 bits per heavy atom. The van der Waals surface area contributed by atoms with Crippen LogP contribution < -0.4 is 0 Å². The maximum absolute atomic E-state index is 2.43. The Labute approximate surface area is 115 Å². The highest BCUT2D eigenvalue weighted by atomic mass is 127.